The van der Waals surface area contributed by atoms with E-state index in [9.17, 15) is 4.79 Å². The first-order valence-corrected chi connectivity index (χ1v) is 15.2. The molecule has 0 spiro atoms. The molecule has 7 nitrogen and oxygen atoms in total. The van der Waals surface area contributed by atoms with Gasteiger partial charge in [0.1, 0.15) is 0 Å². The Kier molecular flexibility index (Phi) is 6.15. The standard InChI is InChI=1S/C27H22ClN5O2.In/c1-3-23(34)19-6-4-18(5-7-19)16-32-27(35)33-26(31-32)25(21-12-14-29-15-13-21)24(17(2)30-33)20-8-10-22(28)11-9-20;/h1,3-15,17,30,34H,16H2,2H3;/q;+1/p-1. The third-order valence-electron chi connectivity index (χ3n) is 6.30. The Morgan fingerprint density at radius 1 is 1.00 bits per heavy atom. The number of hydrogen-bond donors (Lipinski definition) is 1. The molecule has 2 aliphatic rings. The molecule has 1 unspecified atom stereocenters. The van der Waals surface area contributed by atoms with Gasteiger partial charge in [-0.1, -0.05) is 23.7 Å². The van der Waals surface area contributed by atoms with Crippen LogP contribution in [0.5, 0.6) is 0 Å². The molecule has 0 aliphatic carbocycles. The maximum atomic E-state index is 13.4. The van der Waals surface area contributed by atoms with Crippen molar-refractivity contribution < 1.29 is 2.85 Å². The van der Waals surface area contributed by atoms with E-state index in [0.29, 0.717) is 17.4 Å². The summed E-state index contributed by atoms with van der Waals surface area (Å²) in [6.07, 6.45) is 5.56. The van der Waals surface area contributed by atoms with Crippen molar-refractivity contribution >= 4 is 55.1 Å². The number of nitrogens with one attached hydrogen (secondary N) is 1. The van der Waals surface area contributed by atoms with E-state index in [-0.39, 0.29) is 11.7 Å². The molecule has 2 aliphatic heterocycles. The third kappa shape index (κ3) is 4.24. The second-order valence-corrected chi connectivity index (χ2v) is 11.6. The van der Waals surface area contributed by atoms with Gasteiger partial charge in [0.25, 0.3) is 0 Å². The van der Waals surface area contributed by atoms with Gasteiger partial charge < -0.3 is 0 Å². The van der Waals surface area contributed by atoms with E-state index in [1.807, 2.05) is 67.6 Å². The number of nitrogens with zero attached hydrogens (tertiary/aromatic N) is 4. The Morgan fingerprint density at radius 2 is 1.72 bits per heavy atom. The van der Waals surface area contributed by atoms with Crippen molar-refractivity contribution in [2.45, 2.75) is 19.5 Å². The van der Waals surface area contributed by atoms with Crippen LogP contribution in [-0.2, 0) is 9.40 Å². The molecule has 36 heavy (non-hydrogen) atoms. The van der Waals surface area contributed by atoms with Crippen LogP contribution < -0.4 is 11.1 Å². The predicted octanol–water partition coefficient (Wildman–Crippen LogP) is 3.84. The van der Waals surface area contributed by atoms with Crippen LogP contribution in [0.4, 0.5) is 0 Å². The van der Waals surface area contributed by atoms with Crippen LogP contribution in [0.3, 0.4) is 0 Å². The van der Waals surface area contributed by atoms with E-state index in [1.54, 1.807) is 17.1 Å². The van der Waals surface area contributed by atoms with Crippen molar-refractivity contribution in [2.75, 3.05) is 5.43 Å². The van der Waals surface area contributed by atoms with Crippen LogP contribution in [-0.4, -0.2) is 52.1 Å². The minimum atomic E-state index is -0.997. The van der Waals surface area contributed by atoms with Gasteiger partial charge in [0.05, 0.1) is 0 Å². The van der Waals surface area contributed by atoms with Gasteiger partial charge in [-0.15, -0.1) is 0 Å². The van der Waals surface area contributed by atoms with Crippen LogP contribution in [0.25, 0.3) is 16.9 Å². The monoisotopic (exact) mass is 597 g/mol. The summed E-state index contributed by atoms with van der Waals surface area (Å²) in [7, 11) is 0. The number of fused-ring (bicyclic) bond motifs is 1. The summed E-state index contributed by atoms with van der Waals surface area (Å²) >= 11 is 5.16. The summed E-state index contributed by atoms with van der Waals surface area (Å²) < 4.78 is 11.0. The first-order chi connectivity index (χ1) is 17.6. The number of benzene rings is 2. The van der Waals surface area contributed by atoms with E-state index in [1.165, 1.54) is 4.68 Å². The second-order valence-electron chi connectivity index (χ2n) is 8.66. The first kappa shape index (κ1) is 23.1. The van der Waals surface area contributed by atoms with Crippen LogP contribution in [0.1, 0.15) is 35.0 Å². The minimum Gasteiger partial charge on any atom is -0.265 e. The molecule has 0 radical (unpaired) electrons. The molecular formula is C27H21ClInN5O2. The number of hydrogen-bond acceptors (Lipinski definition) is 5. The first-order valence-electron chi connectivity index (χ1n) is 11.6. The minimum absolute atomic E-state index is 0.141. The van der Waals surface area contributed by atoms with Crippen LogP contribution in [0.2, 0.25) is 5.02 Å². The zero-order valence-electron chi connectivity index (χ0n) is 19.4. The van der Waals surface area contributed by atoms with Crippen molar-refractivity contribution in [3.05, 3.63) is 123 Å². The predicted molar refractivity (Wildman–Crippen MR) is 143 cm³/mol. The molecule has 0 fully saturated rings. The number of halogens is 1. The normalized spacial score (nSPS) is 16.2. The van der Waals surface area contributed by atoms with Crippen molar-refractivity contribution in [1.29, 1.82) is 0 Å². The Labute approximate surface area is 224 Å². The molecule has 0 amide bonds. The summed E-state index contributed by atoms with van der Waals surface area (Å²) in [5, 5.41) is 5.47. The molecule has 9 heteroatoms. The number of allylic oxidation sites excluding steroid dienone is 1. The average molecular weight is 598 g/mol. The fourth-order valence-corrected chi connectivity index (χ4v) is 6.71. The van der Waals surface area contributed by atoms with Gasteiger partial charge in [0.2, 0.25) is 0 Å². The Morgan fingerprint density at radius 3 is 2.42 bits per heavy atom. The molecule has 4 aromatic rings. The summed E-state index contributed by atoms with van der Waals surface area (Å²) in [6, 6.07) is 19.6. The molecular weight excluding hydrogens is 577 g/mol. The Balaban J connectivity index is 1.43. The molecule has 1 atom stereocenters. The molecule has 2 aromatic carbocycles. The Hall–Kier alpha value is -3.36. The van der Waals surface area contributed by atoms with Gasteiger partial charge >= 0.3 is 142 Å². The van der Waals surface area contributed by atoms with Gasteiger partial charge in [-0.3, -0.25) is 4.98 Å². The zero-order chi connectivity index (χ0) is 24.6. The molecule has 0 saturated carbocycles. The van der Waals surface area contributed by atoms with Gasteiger partial charge in [0, 0.05) is 17.4 Å². The summed E-state index contributed by atoms with van der Waals surface area (Å²) in [5.41, 5.74) is 9.05. The zero-order valence-corrected chi connectivity index (χ0v) is 23.5. The molecule has 1 N–H and O–H groups in total. The van der Waals surface area contributed by atoms with Crippen molar-refractivity contribution in [1.82, 2.24) is 19.4 Å². The van der Waals surface area contributed by atoms with Gasteiger partial charge in [0.15, 0.2) is 0 Å². The summed E-state index contributed by atoms with van der Waals surface area (Å²) in [4.78, 5) is 17.6. The molecule has 0 bridgehead atoms. The van der Waals surface area contributed by atoms with Crippen molar-refractivity contribution in [3.8, 4) is 0 Å². The molecule has 176 valence electrons. The van der Waals surface area contributed by atoms with E-state index in [2.05, 4.69) is 20.2 Å². The maximum absolute atomic E-state index is 13.4. The molecule has 4 heterocycles. The van der Waals surface area contributed by atoms with Crippen LogP contribution in [0.15, 0.2) is 83.9 Å². The number of pyridine rings is 1. The van der Waals surface area contributed by atoms with Crippen LogP contribution >= 0.6 is 11.6 Å². The average Bonchev–Trinajstić information content (AvgIpc) is 3.54. The third-order valence-corrected chi connectivity index (χ3v) is 8.67. The van der Waals surface area contributed by atoms with E-state index in [4.69, 9.17) is 19.6 Å². The summed E-state index contributed by atoms with van der Waals surface area (Å²) in [6.45, 7) is 2.40. The molecule has 6 rings (SSSR count). The number of aromatic nitrogens is 4. The smallest absolute Gasteiger partial charge is 0.265 e. The fraction of sp³-hybridized carbons (Fsp3) is 0.111. The molecule has 2 aromatic heterocycles. The fourth-order valence-electron chi connectivity index (χ4n) is 4.60. The van der Waals surface area contributed by atoms with Gasteiger partial charge in [-0.2, -0.15) is 0 Å². The second kappa shape index (κ2) is 9.59. The quantitative estimate of drug-likeness (QED) is 0.379. The van der Waals surface area contributed by atoms with Crippen molar-refractivity contribution in [2.24, 2.45) is 0 Å². The number of rotatable bonds is 5. The van der Waals surface area contributed by atoms with E-state index < -0.39 is 22.9 Å². The van der Waals surface area contributed by atoms with Gasteiger partial charge in [-0.05, 0) is 36.8 Å². The Bertz CT molecular complexity index is 1590. The van der Waals surface area contributed by atoms with Gasteiger partial charge in [-0.25, -0.2) is 0 Å². The van der Waals surface area contributed by atoms with Crippen molar-refractivity contribution in [3.63, 3.8) is 0 Å². The topological polar surface area (TPSA) is 74.0 Å². The van der Waals surface area contributed by atoms with E-state index in [0.717, 1.165) is 39.2 Å². The summed E-state index contributed by atoms with van der Waals surface area (Å²) in [5.74, 6) is 1.51. The van der Waals surface area contributed by atoms with Crippen LogP contribution in [0, 0.1) is 0 Å². The SMILES string of the molecule is CC1Nn2c(nn(Cc3ccc(C4=C[CH]=[In][O]4)cc3)c2=O)C(c2ccncc2)=C1c1ccc(Cl)cc1. The molecule has 0 saturated heterocycles. The van der Waals surface area contributed by atoms with E-state index >= 15 is 0 Å².